The van der Waals surface area contributed by atoms with E-state index >= 15 is 0 Å². The largest absolute Gasteiger partial charge is 0.496 e. The minimum atomic E-state index is 0.730. The second kappa shape index (κ2) is 6.23. The normalized spacial score (nSPS) is 10.6. The molecule has 0 aromatic heterocycles. The van der Waals surface area contributed by atoms with Gasteiger partial charge >= 0.3 is 0 Å². The summed E-state index contributed by atoms with van der Waals surface area (Å²) in [5.74, 6) is 1.79. The fourth-order valence-corrected chi connectivity index (χ4v) is 3.59. The number of nitrogen functional groups attached to an aromatic ring is 1. The predicted octanol–water partition coefficient (Wildman–Crippen LogP) is 4.49. The van der Waals surface area contributed by atoms with Crippen molar-refractivity contribution in [1.82, 2.24) is 0 Å². The van der Waals surface area contributed by atoms with Crippen molar-refractivity contribution >= 4 is 17.4 Å². The number of nitrogens with two attached hydrogens (primary N) is 1. The summed E-state index contributed by atoms with van der Waals surface area (Å²) >= 11 is 1.79. The molecule has 2 nitrogen and oxygen atoms in total. The maximum absolute atomic E-state index is 5.79. The third-order valence-corrected chi connectivity index (χ3v) is 4.48. The number of hydrogen-bond acceptors (Lipinski definition) is 3. The number of ether oxygens (including phenoxy) is 1. The molecule has 0 aliphatic rings. The highest BCUT2D eigenvalue weighted by atomic mass is 32.2. The van der Waals surface area contributed by atoms with Crippen molar-refractivity contribution in [3.8, 4) is 5.75 Å². The van der Waals surface area contributed by atoms with Crippen LogP contribution in [-0.4, -0.2) is 7.11 Å². The molecule has 0 heterocycles. The average Bonchev–Trinajstić information content (AvgIpc) is 2.38. The van der Waals surface area contributed by atoms with Crippen molar-refractivity contribution < 1.29 is 4.74 Å². The van der Waals surface area contributed by atoms with E-state index in [1.807, 2.05) is 18.2 Å². The lowest BCUT2D eigenvalue weighted by Gasteiger charge is -2.13. The number of benzene rings is 2. The third kappa shape index (κ3) is 3.28. The van der Waals surface area contributed by atoms with Gasteiger partial charge in [0.1, 0.15) is 5.75 Å². The Kier molecular flexibility index (Phi) is 4.61. The number of methoxy groups -OCH3 is 1. The Hall–Kier alpha value is -1.61. The first-order chi connectivity index (χ1) is 9.51. The van der Waals surface area contributed by atoms with Crippen molar-refractivity contribution in [3.05, 3.63) is 52.6 Å². The molecule has 0 aliphatic carbocycles. The lowest BCUT2D eigenvalue weighted by molar-refractivity contribution is 0.405. The van der Waals surface area contributed by atoms with Gasteiger partial charge in [-0.2, -0.15) is 0 Å². The summed E-state index contributed by atoms with van der Waals surface area (Å²) in [6.07, 6.45) is 0. The van der Waals surface area contributed by atoms with E-state index < -0.39 is 0 Å². The van der Waals surface area contributed by atoms with Gasteiger partial charge in [0.05, 0.1) is 7.11 Å². The van der Waals surface area contributed by atoms with E-state index in [4.69, 9.17) is 10.5 Å². The summed E-state index contributed by atoms with van der Waals surface area (Å²) in [7, 11) is 1.68. The Morgan fingerprint density at radius 3 is 2.30 bits per heavy atom. The summed E-state index contributed by atoms with van der Waals surface area (Å²) < 4.78 is 5.39. The van der Waals surface area contributed by atoms with E-state index in [2.05, 4.69) is 32.9 Å². The van der Waals surface area contributed by atoms with Crippen LogP contribution in [0.4, 0.5) is 5.69 Å². The minimum absolute atomic E-state index is 0.730. The summed E-state index contributed by atoms with van der Waals surface area (Å²) in [5, 5.41) is 0. The average molecular weight is 287 g/mol. The lowest BCUT2D eigenvalue weighted by Crippen LogP contribution is -1.94. The fourth-order valence-electron chi connectivity index (χ4n) is 2.39. The smallest absolute Gasteiger partial charge is 0.134 e. The van der Waals surface area contributed by atoms with Gasteiger partial charge in [-0.1, -0.05) is 17.7 Å². The second-order valence-corrected chi connectivity index (χ2v) is 6.09. The van der Waals surface area contributed by atoms with E-state index in [9.17, 15) is 0 Å². The first-order valence-electron chi connectivity index (χ1n) is 6.64. The van der Waals surface area contributed by atoms with E-state index in [1.54, 1.807) is 18.9 Å². The molecule has 2 N–H and O–H groups in total. The summed E-state index contributed by atoms with van der Waals surface area (Å²) in [4.78, 5) is 1.13. The molecule has 0 unspecified atom stereocenters. The number of hydrogen-bond donors (Lipinski definition) is 1. The molecule has 0 fully saturated rings. The highest BCUT2D eigenvalue weighted by Crippen LogP contribution is 2.34. The molecule has 0 saturated heterocycles. The van der Waals surface area contributed by atoms with Gasteiger partial charge in [-0.05, 0) is 49.6 Å². The van der Waals surface area contributed by atoms with Crippen LogP contribution in [0.25, 0.3) is 0 Å². The quantitative estimate of drug-likeness (QED) is 0.664. The predicted molar refractivity (Wildman–Crippen MR) is 87.6 cm³/mol. The van der Waals surface area contributed by atoms with Gasteiger partial charge in [0.2, 0.25) is 0 Å². The van der Waals surface area contributed by atoms with Crippen LogP contribution < -0.4 is 10.5 Å². The van der Waals surface area contributed by atoms with E-state index in [0.717, 1.165) is 22.1 Å². The van der Waals surface area contributed by atoms with Crippen molar-refractivity contribution in [3.63, 3.8) is 0 Å². The van der Waals surface area contributed by atoms with Crippen molar-refractivity contribution in [1.29, 1.82) is 0 Å². The molecule has 2 aromatic carbocycles. The maximum atomic E-state index is 5.79. The lowest BCUT2D eigenvalue weighted by atomic mass is 10.0. The van der Waals surface area contributed by atoms with Crippen LogP contribution >= 0.6 is 11.8 Å². The van der Waals surface area contributed by atoms with Gasteiger partial charge in [0.15, 0.2) is 0 Å². The Balaban J connectivity index is 2.21. The van der Waals surface area contributed by atoms with Gasteiger partial charge in [-0.25, -0.2) is 0 Å². The standard InChI is InChI=1S/C17H21NOS/c1-11-7-12(2)15(13(3)8-11)10-20-17-6-5-14(18)9-16(17)19-4/h5-9H,10,18H2,1-4H3. The van der Waals surface area contributed by atoms with Gasteiger partial charge < -0.3 is 10.5 Å². The molecule has 106 valence electrons. The third-order valence-electron chi connectivity index (χ3n) is 3.40. The monoisotopic (exact) mass is 287 g/mol. The number of aryl methyl sites for hydroxylation is 3. The molecule has 0 radical (unpaired) electrons. The molecule has 0 aliphatic heterocycles. The number of thioether (sulfide) groups is 1. The maximum Gasteiger partial charge on any atom is 0.134 e. The Morgan fingerprint density at radius 1 is 1.05 bits per heavy atom. The van der Waals surface area contributed by atoms with E-state index in [0.29, 0.717) is 0 Å². The van der Waals surface area contributed by atoms with Crippen LogP contribution in [0.3, 0.4) is 0 Å². The van der Waals surface area contributed by atoms with Crippen LogP contribution in [0.5, 0.6) is 5.75 Å². The van der Waals surface area contributed by atoms with Crippen LogP contribution in [-0.2, 0) is 5.75 Å². The zero-order valence-corrected chi connectivity index (χ0v) is 13.3. The van der Waals surface area contributed by atoms with Crippen molar-refractivity contribution in [2.24, 2.45) is 0 Å². The Morgan fingerprint density at radius 2 is 1.70 bits per heavy atom. The molecule has 0 atom stereocenters. The molecule has 0 bridgehead atoms. The van der Waals surface area contributed by atoms with Crippen molar-refractivity contribution in [2.75, 3.05) is 12.8 Å². The molecule has 2 aromatic rings. The molecule has 3 heteroatoms. The summed E-state index contributed by atoms with van der Waals surface area (Å²) in [6, 6.07) is 10.3. The van der Waals surface area contributed by atoms with Crippen LogP contribution in [0, 0.1) is 20.8 Å². The molecule has 2 rings (SSSR count). The SMILES string of the molecule is COc1cc(N)ccc1SCc1c(C)cc(C)cc1C. The summed E-state index contributed by atoms with van der Waals surface area (Å²) in [6.45, 7) is 6.49. The first-order valence-corrected chi connectivity index (χ1v) is 7.63. The zero-order chi connectivity index (χ0) is 14.7. The van der Waals surface area contributed by atoms with Crippen molar-refractivity contribution in [2.45, 2.75) is 31.4 Å². The molecular formula is C17H21NOS. The minimum Gasteiger partial charge on any atom is -0.496 e. The number of rotatable bonds is 4. The fraction of sp³-hybridized carbons (Fsp3) is 0.294. The Bertz CT molecular complexity index is 599. The van der Waals surface area contributed by atoms with Crippen LogP contribution in [0.1, 0.15) is 22.3 Å². The van der Waals surface area contributed by atoms with Gasteiger partial charge in [-0.3, -0.25) is 0 Å². The summed E-state index contributed by atoms with van der Waals surface area (Å²) in [5.41, 5.74) is 11.9. The zero-order valence-electron chi connectivity index (χ0n) is 12.5. The van der Waals surface area contributed by atoms with E-state index in [1.165, 1.54) is 22.3 Å². The second-order valence-electron chi connectivity index (χ2n) is 5.08. The molecule has 20 heavy (non-hydrogen) atoms. The first kappa shape index (κ1) is 14.8. The van der Waals surface area contributed by atoms with Gasteiger partial charge in [0.25, 0.3) is 0 Å². The highest BCUT2D eigenvalue weighted by Gasteiger charge is 2.08. The Labute approximate surface area is 125 Å². The number of anilines is 1. The molecular weight excluding hydrogens is 266 g/mol. The highest BCUT2D eigenvalue weighted by molar-refractivity contribution is 7.98. The van der Waals surface area contributed by atoms with Crippen LogP contribution in [0.15, 0.2) is 35.2 Å². The molecule has 0 saturated carbocycles. The van der Waals surface area contributed by atoms with Crippen LogP contribution in [0.2, 0.25) is 0 Å². The van der Waals surface area contributed by atoms with Gasteiger partial charge in [-0.15, -0.1) is 11.8 Å². The topological polar surface area (TPSA) is 35.2 Å². The van der Waals surface area contributed by atoms with E-state index in [-0.39, 0.29) is 0 Å². The van der Waals surface area contributed by atoms with Gasteiger partial charge in [0, 0.05) is 22.4 Å². The molecule has 0 amide bonds. The molecule has 0 spiro atoms.